The predicted molar refractivity (Wildman–Crippen MR) is 210 cm³/mol. The number of hydrogen-bond donors (Lipinski definition) is 0. The van der Waals surface area contributed by atoms with Crippen molar-refractivity contribution in [2.75, 3.05) is 4.90 Å². The number of benzene rings is 8. The number of thiophene rings is 1. The molecule has 0 amide bonds. The fourth-order valence-electron chi connectivity index (χ4n) is 7.33. The van der Waals surface area contributed by atoms with E-state index in [9.17, 15) is 0 Å². The summed E-state index contributed by atoms with van der Waals surface area (Å²) in [5.74, 6) is 0. The van der Waals surface area contributed by atoms with E-state index in [1.54, 1.807) is 0 Å². The van der Waals surface area contributed by atoms with Crippen molar-refractivity contribution in [1.82, 2.24) is 0 Å². The molecule has 0 spiro atoms. The lowest BCUT2D eigenvalue weighted by molar-refractivity contribution is 0.670. The third-order valence-corrected chi connectivity index (χ3v) is 10.8. The zero-order valence-corrected chi connectivity index (χ0v) is 27.3. The Bertz CT molecular complexity index is 2840. The largest absolute Gasteiger partial charge is 0.455 e. The fraction of sp³-hybridized carbons (Fsp3) is 0. The molecule has 0 fully saturated rings. The van der Waals surface area contributed by atoms with Gasteiger partial charge in [0.15, 0.2) is 0 Å². The Labute approximate surface area is 287 Å². The summed E-state index contributed by atoms with van der Waals surface area (Å²) in [6.07, 6.45) is 0. The molecule has 3 heteroatoms. The first kappa shape index (κ1) is 27.9. The van der Waals surface area contributed by atoms with E-state index in [2.05, 4.69) is 169 Å². The molecule has 0 unspecified atom stereocenters. The van der Waals surface area contributed by atoms with Gasteiger partial charge in [-0.1, -0.05) is 127 Å². The van der Waals surface area contributed by atoms with Gasteiger partial charge in [0.1, 0.15) is 11.2 Å². The summed E-state index contributed by atoms with van der Waals surface area (Å²) in [5, 5.41) is 7.34. The third-order valence-electron chi connectivity index (χ3n) is 9.66. The van der Waals surface area contributed by atoms with Crippen LogP contribution in [0, 0.1) is 0 Å². The minimum atomic E-state index is 0.912. The Balaban J connectivity index is 1.11. The predicted octanol–water partition coefficient (Wildman–Crippen LogP) is 13.9. The number of fused-ring (bicyclic) bond motifs is 7. The Hall–Kier alpha value is -6.16. The van der Waals surface area contributed by atoms with E-state index >= 15 is 0 Å². The monoisotopic (exact) mass is 643 g/mol. The van der Waals surface area contributed by atoms with E-state index in [1.807, 2.05) is 23.5 Å². The van der Waals surface area contributed by atoms with Gasteiger partial charge in [-0.15, -0.1) is 11.3 Å². The fourth-order valence-corrected chi connectivity index (χ4v) is 8.47. The summed E-state index contributed by atoms with van der Waals surface area (Å²) in [6.45, 7) is 0. The summed E-state index contributed by atoms with van der Waals surface area (Å²) in [5.41, 5.74) is 9.80. The second kappa shape index (κ2) is 11.2. The van der Waals surface area contributed by atoms with Crippen LogP contribution in [0.15, 0.2) is 180 Å². The Morgan fingerprint density at radius 1 is 0.408 bits per heavy atom. The van der Waals surface area contributed by atoms with Crippen LogP contribution in [0.3, 0.4) is 0 Å². The molecule has 230 valence electrons. The van der Waals surface area contributed by atoms with Crippen LogP contribution in [0.1, 0.15) is 0 Å². The average molecular weight is 644 g/mol. The zero-order valence-electron chi connectivity index (χ0n) is 26.5. The van der Waals surface area contributed by atoms with E-state index in [1.165, 1.54) is 42.1 Å². The van der Waals surface area contributed by atoms with Gasteiger partial charge in [-0.25, -0.2) is 0 Å². The molecule has 0 bridgehead atoms. The molecule has 2 heterocycles. The minimum absolute atomic E-state index is 0.912. The van der Waals surface area contributed by atoms with Gasteiger partial charge in [0.05, 0.1) is 5.69 Å². The maximum Gasteiger partial charge on any atom is 0.143 e. The van der Waals surface area contributed by atoms with Crippen LogP contribution < -0.4 is 4.90 Å². The van der Waals surface area contributed by atoms with Crippen LogP contribution >= 0.6 is 11.3 Å². The van der Waals surface area contributed by atoms with Crippen molar-refractivity contribution in [3.63, 3.8) is 0 Å². The van der Waals surface area contributed by atoms with Crippen molar-refractivity contribution in [3.05, 3.63) is 176 Å². The van der Waals surface area contributed by atoms with E-state index in [-0.39, 0.29) is 0 Å². The molecule has 49 heavy (non-hydrogen) atoms. The molecule has 0 aliphatic heterocycles. The highest BCUT2D eigenvalue weighted by Crippen LogP contribution is 2.43. The first-order valence-corrected chi connectivity index (χ1v) is 17.4. The second-order valence-corrected chi connectivity index (χ2v) is 13.6. The lowest BCUT2D eigenvalue weighted by atomic mass is 10.0. The van der Waals surface area contributed by atoms with Crippen molar-refractivity contribution >= 4 is 81.3 Å². The molecule has 0 saturated heterocycles. The molecular weight excluding hydrogens is 615 g/mol. The van der Waals surface area contributed by atoms with Crippen LogP contribution in [0.2, 0.25) is 0 Å². The van der Waals surface area contributed by atoms with Crippen molar-refractivity contribution in [2.45, 2.75) is 0 Å². The topological polar surface area (TPSA) is 16.4 Å². The van der Waals surface area contributed by atoms with Crippen LogP contribution in [0.5, 0.6) is 0 Å². The van der Waals surface area contributed by atoms with E-state index in [0.29, 0.717) is 0 Å². The van der Waals surface area contributed by atoms with E-state index in [4.69, 9.17) is 4.42 Å². The lowest BCUT2D eigenvalue weighted by Gasteiger charge is -2.27. The average Bonchev–Trinajstić information content (AvgIpc) is 3.74. The number of nitrogens with zero attached hydrogens (tertiary/aromatic N) is 1. The number of hydrogen-bond acceptors (Lipinski definition) is 3. The number of anilines is 3. The van der Waals surface area contributed by atoms with Gasteiger partial charge in [0, 0.05) is 53.3 Å². The number of para-hydroxylation sites is 2. The summed E-state index contributed by atoms with van der Waals surface area (Å²) in [7, 11) is 0. The highest BCUT2D eigenvalue weighted by atomic mass is 32.1. The van der Waals surface area contributed by atoms with Crippen LogP contribution in [-0.2, 0) is 0 Å². The van der Waals surface area contributed by atoms with Crippen LogP contribution in [-0.4, -0.2) is 0 Å². The first-order valence-electron chi connectivity index (χ1n) is 16.6. The van der Waals surface area contributed by atoms with Crippen molar-refractivity contribution in [1.29, 1.82) is 0 Å². The molecule has 0 radical (unpaired) electrons. The summed E-state index contributed by atoms with van der Waals surface area (Å²) in [6, 6.07) is 63.3. The van der Waals surface area contributed by atoms with Gasteiger partial charge in [-0.3, -0.25) is 0 Å². The smallest absolute Gasteiger partial charge is 0.143 e. The Morgan fingerprint density at radius 3 is 2.00 bits per heavy atom. The summed E-state index contributed by atoms with van der Waals surface area (Å²) in [4.78, 5) is 2.38. The molecule has 10 rings (SSSR count). The van der Waals surface area contributed by atoms with Gasteiger partial charge >= 0.3 is 0 Å². The SMILES string of the molecule is c1cc(-c2ccc3c(c2)sc2ccccc23)cc(N(c2ccc(-c3cccc4c3oc3ccccc34)cc2)c2cccc3ccccc23)c1. The van der Waals surface area contributed by atoms with E-state index in [0.717, 1.165) is 50.1 Å². The molecule has 2 aromatic heterocycles. The van der Waals surface area contributed by atoms with Crippen molar-refractivity contribution in [3.8, 4) is 22.3 Å². The molecule has 8 aromatic carbocycles. The first-order chi connectivity index (χ1) is 24.3. The van der Waals surface area contributed by atoms with Gasteiger partial charge in [0.2, 0.25) is 0 Å². The minimum Gasteiger partial charge on any atom is -0.455 e. The van der Waals surface area contributed by atoms with Crippen LogP contribution in [0.4, 0.5) is 17.1 Å². The standard InChI is InChI=1S/C46H29NOS/c1-2-14-36-30(10-1)11-8-19-42(36)47(34-25-22-31(23-26-34)37-17-9-18-41-38-15-3-5-20-43(38)48-46(37)41)35-13-7-12-32(28-35)33-24-27-40-39-16-4-6-21-44(39)49-45(40)29-33/h1-29H. The van der Waals surface area contributed by atoms with Gasteiger partial charge in [-0.2, -0.15) is 0 Å². The summed E-state index contributed by atoms with van der Waals surface area (Å²) >= 11 is 1.86. The molecule has 0 aliphatic carbocycles. The van der Waals surface area contributed by atoms with Crippen LogP contribution in [0.25, 0.3) is 75.1 Å². The molecule has 2 nitrogen and oxygen atoms in total. The molecule has 10 aromatic rings. The van der Waals surface area contributed by atoms with Gasteiger partial charge < -0.3 is 9.32 Å². The molecule has 0 N–H and O–H groups in total. The second-order valence-electron chi connectivity index (χ2n) is 12.5. The highest BCUT2D eigenvalue weighted by Gasteiger charge is 2.18. The maximum atomic E-state index is 6.39. The quantitative estimate of drug-likeness (QED) is 0.186. The van der Waals surface area contributed by atoms with E-state index < -0.39 is 0 Å². The molecule has 0 atom stereocenters. The Morgan fingerprint density at radius 2 is 1.08 bits per heavy atom. The maximum absolute atomic E-state index is 6.39. The zero-order chi connectivity index (χ0) is 32.3. The molecule has 0 aliphatic rings. The van der Waals surface area contributed by atoms with Crippen molar-refractivity contribution < 1.29 is 4.42 Å². The van der Waals surface area contributed by atoms with Gasteiger partial charge in [0.25, 0.3) is 0 Å². The Kier molecular flexibility index (Phi) is 6.39. The summed E-state index contributed by atoms with van der Waals surface area (Å²) < 4.78 is 9.03. The lowest BCUT2D eigenvalue weighted by Crippen LogP contribution is -2.10. The number of furan rings is 1. The third kappa shape index (κ3) is 4.62. The molecular formula is C46H29NOS. The number of rotatable bonds is 5. The molecule has 0 saturated carbocycles. The van der Waals surface area contributed by atoms with Gasteiger partial charge in [-0.05, 0) is 70.6 Å². The normalized spacial score (nSPS) is 11.7. The highest BCUT2D eigenvalue weighted by molar-refractivity contribution is 7.25. The van der Waals surface area contributed by atoms with Crippen molar-refractivity contribution in [2.24, 2.45) is 0 Å².